The molecule has 2 aliphatic rings. The van der Waals surface area contributed by atoms with Crippen molar-refractivity contribution in [3.8, 4) is 0 Å². The van der Waals surface area contributed by atoms with Crippen LogP contribution in [0.15, 0.2) is 29.4 Å². The van der Waals surface area contributed by atoms with Gasteiger partial charge in [0.15, 0.2) is 0 Å². The van der Waals surface area contributed by atoms with Crippen LogP contribution in [0.3, 0.4) is 0 Å². The molecule has 3 rings (SSSR count). The summed E-state index contributed by atoms with van der Waals surface area (Å²) in [7, 11) is 1.51. The molecule has 0 bridgehead atoms. The van der Waals surface area contributed by atoms with E-state index in [0.29, 0.717) is 17.8 Å². The zero-order valence-corrected chi connectivity index (χ0v) is 15.4. The maximum Gasteiger partial charge on any atom is 0.325 e. The molecule has 0 unspecified atom stereocenters. The van der Waals surface area contributed by atoms with E-state index < -0.39 is 11.6 Å². The smallest absolute Gasteiger partial charge is 0.324 e. The monoisotopic (exact) mass is 371 g/mol. The van der Waals surface area contributed by atoms with Gasteiger partial charge < -0.3 is 10.6 Å². The van der Waals surface area contributed by atoms with Gasteiger partial charge in [-0.3, -0.25) is 19.3 Å². The average molecular weight is 371 g/mol. The second-order valence-electron chi connectivity index (χ2n) is 7.06. The zero-order chi connectivity index (χ0) is 19.8. The number of nitrogens with zero attached hydrogens (tertiary/aromatic N) is 3. The minimum atomic E-state index is -0.903. The molecule has 0 saturated carbocycles. The first-order valence-electron chi connectivity index (χ1n) is 8.56. The first kappa shape index (κ1) is 18.6. The van der Waals surface area contributed by atoms with E-state index in [2.05, 4.69) is 15.7 Å². The molecule has 1 aromatic carbocycles. The fourth-order valence-electron chi connectivity index (χ4n) is 2.87. The molecule has 2 N–H and O–H groups in total. The highest BCUT2D eigenvalue weighted by Gasteiger charge is 2.44. The van der Waals surface area contributed by atoms with Crippen molar-refractivity contribution in [2.24, 2.45) is 5.10 Å². The van der Waals surface area contributed by atoms with Gasteiger partial charge in [0.25, 0.3) is 11.8 Å². The molecule has 9 heteroatoms. The van der Waals surface area contributed by atoms with Crippen LogP contribution < -0.4 is 10.6 Å². The largest absolute Gasteiger partial charge is 0.325 e. The van der Waals surface area contributed by atoms with E-state index in [1.807, 2.05) is 0 Å². The standard InChI is InChI=1S/C18H21N5O4/c1-18(2)16(26)23(17(27)20-18)10-11-4-6-12(7-5-11)19-15(25)13-8-9-14(24)22(3)21-13/h4-7H,8-10H2,1-3H3,(H,19,25)(H,20,27). The maximum absolute atomic E-state index is 12.3. The molecular formula is C18H21N5O4. The predicted octanol–water partition coefficient (Wildman–Crippen LogP) is 1.06. The number of imide groups is 1. The van der Waals surface area contributed by atoms with E-state index in [9.17, 15) is 19.2 Å². The van der Waals surface area contributed by atoms with E-state index in [4.69, 9.17) is 0 Å². The van der Waals surface area contributed by atoms with Crippen LogP contribution in [-0.2, 0) is 20.9 Å². The van der Waals surface area contributed by atoms with Crippen LogP contribution >= 0.6 is 0 Å². The van der Waals surface area contributed by atoms with Gasteiger partial charge in [-0.05, 0) is 31.5 Å². The lowest BCUT2D eigenvalue weighted by Crippen LogP contribution is -2.40. The summed E-state index contributed by atoms with van der Waals surface area (Å²) in [6, 6.07) is 6.43. The molecule has 142 valence electrons. The third kappa shape index (κ3) is 3.81. The highest BCUT2D eigenvalue weighted by atomic mass is 16.2. The minimum absolute atomic E-state index is 0.125. The van der Waals surface area contributed by atoms with Crippen LogP contribution in [0.1, 0.15) is 32.3 Å². The maximum atomic E-state index is 12.3. The molecule has 9 nitrogen and oxygen atoms in total. The Morgan fingerprint density at radius 3 is 2.41 bits per heavy atom. The van der Waals surface area contributed by atoms with Crippen LogP contribution in [0.2, 0.25) is 0 Å². The molecule has 1 aromatic rings. The van der Waals surface area contributed by atoms with Crippen molar-refractivity contribution in [3.05, 3.63) is 29.8 Å². The normalized spacial score (nSPS) is 19.1. The second-order valence-corrected chi connectivity index (χ2v) is 7.06. The Balaban J connectivity index is 1.63. The Hall–Kier alpha value is -3.23. The van der Waals surface area contributed by atoms with Crippen LogP contribution in [-0.4, -0.2) is 52.0 Å². The highest BCUT2D eigenvalue weighted by Crippen LogP contribution is 2.20. The highest BCUT2D eigenvalue weighted by molar-refractivity contribution is 6.43. The summed E-state index contributed by atoms with van der Waals surface area (Å²) in [4.78, 5) is 49.0. The molecule has 0 spiro atoms. The Bertz CT molecular complexity index is 844. The van der Waals surface area contributed by atoms with Gasteiger partial charge >= 0.3 is 6.03 Å². The van der Waals surface area contributed by atoms with Crippen LogP contribution in [0.25, 0.3) is 0 Å². The summed E-state index contributed by atoms with van der Waals surface area (Å²) in [6.07, 6.45) is 0.555. The van der Waals surface area contributed by atoms with Gasteiger partial charge in [-0.1, -0.05) is 12.1 Å². The fraction of sp³-hybridized carbons (Fsp3) is 0.389. The number of hydrogen-bond acceptors (Lipinski definition) is 5. The molecule has 5 amide bonds. The summed E-state index contributed by atoms with van der Waals surface area (Å²) in [5.41, 5.74) is 0.709. The average Bonchev–Trinajstić information content (AvgIpc) is 2.80. The Morgan fingerprint density at radius 2 is 1.85 bits per heavy atom. The summed E-state index contributed by atoms with van der Waals surface area (Å²) in [5.74, 6) is -0.767. The molecule has 2 heterocycles. The van der Waals surface area contributed by atoms with Gasteiger partial charge in [0.2, 0.25) is 5.91 Å². The lowest BCUT2D eigenvalue weighted by molar-refractivity contribution is -0.131. The Labute approximate surface area is 156 Å². The van der Waals surface area contributed by atoms with E-state index in [0.717, 1.165) is 10.5 Å². The van der Waals surface area contributed by atoms with E-state index in [1.54, 1.807) is 38.1 Å². The predicted molar refractivity (Wildman–Crippen MR) is 97.7 cm³/mol. The number of anilines is 1. The number of urea groups is 1. The second kappa shape index (κ2) is 6.82. The molecule has 0 aromatic heterocycles. The number of hydrazone groups is 1. The van der Waals surface area contributed by atoms with Crippen molar-refractivity contribution in [2.75, 3.05) is 12.4 Å². The number of benzene rings is 1. The van der Waals surface area contributed by atoms with Crippen molar-refractivity contribution in [1.82, 2.24) is 15.2 Å². The van der Waals surface area contributed by atoms with Crippen LogP contribution in [0.4, 0.5) is 10.5 Å². The van der Waals surface area contributed by atoms with Gasteiger partial charge in [0, 0.05) is 25.6 Å². The number of nitrogens with one attached hydrogen (secondary N) is 2. The number of amides is 5. The molecule has 0 atom stereocenters. The van der Waals surface area contributed by atoms with E-state index in [-0.39, 0.29) is 30.7 Å². The van der Waals surface area contributed by atoms with Gasteiger partial charge in [-0.15, -0.1) is 0 Å². The number of hydrogen-bond donors (Lipinski definition) is 2. The van der Waals surface area contributed by atoms with Crippen LogP contribution in [0, 0.1) is 0 Å². The van der Waals surface area contributed by atoms with Crippen molar-refractivity contribution in [1.29, 1.82) is 0 Å². The quantitative estimate of drug-likeness (QED) is 0.771. The number of carbonyl (C=O) groups is 4. The topological polar surface area (TPSA) is 111 Å². The fourth-order valence-corrected chi connectivity index (χ4v) is 2.87. The third-order valence-corrected chi connectivity index (χ3v) is 4.47. The summed E-state index contributed by atoms with van der Waals surface area (Å²) in [6.45, 7) is 3.47. The molecular weight excluding hydrogens is 350 g/mol. The Kier molecular flexibility index (Phi) is 4.69. The SMILES string of the molecule is CN1N=C(C(=O)Nc2ccc(CN3C(=O)NC(C)(C)C3=O)cc2)CCC1=O. The van der Waals surface area contributed by atoms with Crippen LogP contribution in [0.5, 0.6) is 0 Å². The Morgan fingerprint density at radius 1 is 1.19 bits per heavy atom. The van der Waals surface area contributed by atoms with Gasteiger partial charge in [-0.2, -0.15) is 5.10 Å². The van der Waals surface area contributed by atoms with E-state index >= 15 is 0 Å². The van der Waals surface area contributed by atoms with Crippen molar-refractivity contribution < 1.29 is 19.2 Å². The summed E-state index contributed by atoms with van der Waals surface area (Å²) in [5, 5.41) is 10.5. The molecule has 0 aliphatic carbocycles. The number of carbonyl (C=O) groups excluding carboxylic acids is 4. The molecule has 1 saturated heterocycles. The minimum Gasteiger partial charge on any atom is -0.324 e. The lowest BCUT2D eigenvalue weighted by Gasteiger charge is -2.19. The third-order valence-electron chi connectivity index (χ3n) is 4.47. The molecule has 2 aliphatic heterocycles. The van der Waals surface area contributed by atoms with Gasteiger partial charge in [0.05, 0.1) is 6.54 Å². The first-order chi connectivity index (χ1) is 12.7. The number of rotatable bonds is 4. The van der Waals surface area contributed by atoms with Crippen molar-refractivity contribution in [3.63, 3.8) is 0 Å². The first-order valence-corrected chi connectivity index (χ1v) is 8.56. The van der Waals surface area contributed by atoms with Crippen molar-refractivity contribution in [2.45, 2.75) is 38.8 Å². The van der Waals surface area contributed by atoms with Gasteiger partial charge in [-0.25, -0.2) is 9.80 Å². The van der Waals surface area contributed by atoms with E-state index in [1.165, 1.54) is 12.1 Å². The lowest BCUT2D eigenvalue weighted by atomic mass is 10.1. The summed E-state index contributed by atoms with van der Waals surface area (Å²) < 4.78 is 0. The van der Waals surface area contributed by atoms with Gasteiger partial charge in [0.1, 0.15) is 11.3 Å². The summed E-state index contributed by atoms with van der Waals surface area (Å²) >= 11 is 0. The van der Waals surface area contributed by atoms with Crippen molar-refractivity contribution >= 4 is 35.2 Å². The molecule has 27 heavy (non-hydrogen) atoms. The molecule has 0 radical (unpaired) electrons. The molecule has 1 fully saturated rings. The zero-order valence-electron chi connectivity index (χ0n) is 15.4.